The Kier molecular flexibility index (Phi) is 3.52. The van der Waals surface area contributed by atoms with Crippen LogP contribution in [0.4, 0.5) is 11.5 Å². The van der Waals surface area contributed by atoms with Gasteiger partial charge in [0.25, 0.3) is 0 Å². The molecule has 0 saturated carbocycles. The second-order valence-electron chi connectivity index (χ2n) is 3.55. The van der Waals surface area contributed by atoms with Gasteiger partial charge in [0.2, 0.25) is 0 Å². The second kappa shape index (κ2) is 5.27. The first-order chi connectivity index (χ1) is 8.31. The predicted molar refractivity (Wildman–Crippen MR) is 67.5 cm³/mol. The van der Waals surface area contributed by atoms with Gasteiger partial charge in [0.15, 0.2) is 0 Å². The molecule has 4 N–H and O–H groups in total. The van der Waals surface area contributed by atoms with Crippen LogP contribution in [0.5, 0.6) is 0 Å². The van der Waals surface area contributed by atoms with Crippen molar-refractivity contribution >= 4 is 11.5 Å². The molecule has 2 aromatic heterocycles. The third-order valence-corrected chi connectivity index (χ3v) is 2.34. The van der Waals surface area contributed by atoms with Crippen LogP contribution in [-0.2, 0) is 0 Å². The summed E-state index contributed by atoms with van der Waals surface area (Å²) in [4.78, 5) is 8.18. The van der Waals surface area contributed by atoms with Crippen LogP contribution < -0.4 is 11.1 Å². The van der Waals surface area contributed by atoms with Crippen LogP contribution in [0, 0.1) is 0 Å². The zero-order valence-electron chi connectivity index (χ0n) is 9.30. The molecule has 88 valence electrons. The van der Waals surface area contributed by atoms with E-state index in [0.717, 1.165) is 11.1 Å². The number of rotatable bonds is 4. The molecule has 5 nitrogen and oxygen atoms in total. The van der Waals surface area contributed by atoms with Crippen molar-refractivity contribution in [3.63, 3.8) is 0 Å². The number of hydrogen-bond donors (Lipinski definition) is 3. The van der Waals surface area contributed by atoms with E-state index < -0.39 is 0 Å². The van der Waals surface area contributed by atoms with Crippen LogP contribution in [0.2, 0.25) is 0 Å². The van der Waals surface area contributed by atoms with Gasteiger partial charge in [-0.1, -0.05) is 0 Å². The maximum absolute atomic E-state index is 8.71. The molecule has 2 rings (SSSR count). The standard InChI is InChI=1S/C12H14N4O/c13-11-7-10(9-1-3-14-4-2-9)8-16-12(11)15-5-6-17/h1-4,7-8,17H,5-6,13H2,(H,15,16). The van der Waals surface area contributed by atoms with E-state index in [-0.39, 0.29) is 6.61 Å². The predicted octanol–water partition coefficient (Wildman–Crippen LogP) is 1.13. The number of nitrogen functional groups attached to an aromatic ring is 1. The maximum Gasteiger partial charge on any atom is 0.149 e. The molecular weight excluding hydrogens is 216 g/mol. The van der Waals surface area contributed by atoms with E-state index in [1.165, 1.54) is 0 Å². The summed E-state index contributed by atoms with van der Waals surface area (Å²) >= 11 is 0. The monoisotopic (exact) mass is 230 g/mol. The number of pyridine rings is 2. The highest BCUT2D eigenvalue weighted by Crippen LogP contribution is 2.23. The fourth-order valence-corrected chi connectivity index (χ4v) is 1.51. The van der Waals surface area contributed by atoms with Gasteiger partial charge in [0, 0.05) is 30.7 Å². The third-order valence-electron chi connectivity index (χ3n) is 2.34. The van der Waals surface area contributed by atoms with Crippen LogP contribution in [0.15, 0.2) is 36.8 Å². The summed E-state index contributed by atoms with van der Waals surface area (Å²) in [5.41, 5.74) is 8.41. The lowest BCUT2D eigenvalue weighted by molar-refractivity contribution is 0.311. The normalized spacial score (nSPS) is 10.2. The minimum absolute atomic E-state index is 0.0488. The Morgan fingerprint density at radius 2 is 2.00 bits per heavy atom. The Morgan fingerprint density at radius 3 is 2.65 bits per heavy atom. The molecule has 0 unspecified atom stereocenters. The molecule has 0 atom stereocenters. The second-order valence-corrected chi connectivity index (χ2v) is 3.55. The van der Waals surface area contributed by atoms with Crippen molar-refractivity contribution < 1.29 is 5.11 Å². The Labute approximate surface area is 99.3 Å². The number of aliphatic hydroxyl groups is 1. The lowest BCUT2D eigenvalue weighted by Gasteiger charge is -2.08. The topological polar surface area (TPSA) is 84.1 Å². The Balaban J connectivity index is 2.25. The van der Waals surface area contributed by atoms with Gasteiger partial charge in [0.05, 0.1) is 12.3 Å². The summed E-state index contributed by atoms with van der Waals surface area (Å²) in [6.07, 6.45) is 5.19. The van der Waals surface area contributed by atoms with Crippen molar-refractivity contribution in [1.82, 2.24) is 9.97 Å². The smallest absolute Gasteiger partial charge is 0.149 e. The first kappa shape index (κ1) is 11.3. The van der Waals surface area contributed by atoms with Gasteiger partial charge in [-0.25, -0.2) is 4.98 Å². The highest BCUT2D eigenvalue weighted by Gasteiger charge is 2.03. The fourth-order valence-electron chi connectivity index (χ4n) is 1.51. The van der Waals surface area contributed by atoms with E-state index in [1.54, 1.807) is 18.6 Å². The number of anilines is 2. The Morgan fingerprint density at radius 1 is 1.24 bits per heavy atom. The van der Waals surface area contributed by atoms with Crippen LogP contribution >= 0.6 is 0 Å². The van der Waals surface area contributed by atoms with Gasteiger partial charge >= 0.3 is 0 Å². The van der Waals surface area contributed by atoms with Crippen LogP contribution in [0.1, 0.15) is 0 Å². The van der Waals surface area contributed by atoms with Gasteiger partial charge in [-0.15, -0.1) is 0 Å². The molecule has 17 heavy (non-hydrogen) atoms. The Bertz CT molecular complexity index is 487. The van der Waals surface area contributed by atoms with Crippen molar-refractivity contribution in [2.45, 2.75) is 0 Å². The van der Waals surface area contributed by atoms with Gasteiger partial charge in [-0.05, 0) is 23.8 Å². The zero-order valence-corrected chi connectivity index (χ0v) is 9.30. The van der Waals surface area contributed by atoms with Gasteiger partial charge in [-0.2, -0.15) is 0 Å². The molecule has 2 aromatic rings. The van der Waals surface area contributed by atoms with Crippen LogP contribution in [-0.4, -0.2) is 28.2 Å². The summed E-state index contributed by atoms with van der Waals surface area (Å²) in [6, 6.07) is 5.65. The minimum atomic E-state index is 0.0488. The molecule has 0 spiro atoms. The van der Waals surface area contributed by atoms with Crippen molar-refractivity contribution in [2.24, 2.45) is 0 Å². The number of nitrogens with zero attached hydrogens (tertiary/aromatic N) is 2. The van der Waals surface area contributed by atoms with Gasteiger partial charge in [-0.3, -0.25) is 4.98 Å². The lowest BCUT2D eigenvalue weighted by atomic mass is 10.1. The highest BCUT2D eigenvalue weighted by atomic mass is 16.3. The first-order valence-corrected chi connectivity index (χ1v) is 5.32. The molecule has 5 heteroatoms. The summed E-state index contributed by atoms with van der Waals surface area (Å²) < 4.78 is 0. The number of nitrogens with one attached hydrogen (secondary N) is 1. The van der Waals surface area contributed by atoms with E-state index in [0.29, 0.717) is 18.1 Å². The Hall–Kier alpha value is -2.14. The van der Waals surface area contributed by atoms with Crippen molar-refractivity contribution in [1.29, 1.82) is 0 Å². The van der Waals surface area contributed by atoms with E-state index in [9.17, 15) is 0 Å². The molecular formula is C12H14N4O. The van der Waals surface area contributed by atoms with Crippen molar-refractivity contribution in [2.75, 3.05) is 24.2 Å². The molecule has 0 amide bonds. The first-order valence-electron chi connectivity index (χ1n) is 5.32. The molecule has 0 saturated heterocycles. The van der Waals surface area contributed by atoms with E-state index in [4.69, 9.17) is 10.8 Å². The molecule has 0 bridgehead atoms. The molecule has 0 fully saturated rings. The molecule has 0 aromatic carbocycles. The minimum Gasteiger partial charge on any atom is -0.396 e. The molecule has 0 radical (unpaired) electrons. The zero-order chi connectivity index (χ0) is 12.1. The maximum atomic E-state index is 8.71. The van der Waals surface area contributed by atoms with E-state index in [1.807, 2.05) is 18.2 Å². The average molecular weight is 230 g/mol. The van der Waals surface area contributed by atoms with Crippen molar-refractivity contribution in [3.8, 4) is 11.1 Å². The van der Waals surface area contributed by atoms with E-state index >= 15 is 0 Å². The third kappa shape index (κ3) is 2.70. The largest absolute Gasteiger partial charge is 0.396 e. The highest BCUT2D eigenvalue weighted by molar-refractivity contribution is 5.72. The molecule has 0 aliphatic rings. The molecule has 0 aliphatic carbocycles. The van der Waals surface area contributed by atoms with Crippen LogP contribution in [0.25, 0.3) is 11.1 Å². The number of aromatic nitrogens is 2. The van der Waals surface area contributed by atoms with Gasteiger partial charge < -0.3 is 16.2 Å². The number of nitrogens with two attached hydrogens (primary N) is 1. The van der Waals surface area contributed by atoms with Gasteiger partial charge in [0.1, 0.15) is 5.82 Å². The quantitative estimate of drug-likeness (QED) is 0.733. The number of hydrogen-bond acceptors (Lipinski definition) is 5. The summed E-state index contributed by atoms with van der Waals surface area (Å²) in [6.45, 7) is 0.485. The summed E-state index contributed by atoms with van der Waals surface area (Å²) in [5.74, 6) is 0.594. The lowest BCUT2D eigenvalue weighted by Crippen LogP contribution is -2.09. The average Bonchev–Trinajstić information content (AvgIpc) is 2.38. The fraction of sp³-hybridized carbons (Fsp3) is 0.167. The molecule has 0 aliphatic heterocycles. The summed E-state index contributed by atoms with van der Waals surface area (Å²) in [7, 11) is 0. The van der Waals surface area contributed by atoms with Crippen molar-refractivity contribution in [3.05, 3.63) is 36.8 Å². The SMILES string of the molecule is Nc1cc(-c2ccncc2)cnc1NCCO. The van der Waals surface area contributed by atoms with E-state index in [2.05, 4.69) is 15.3 Å². The van der Waals surface area contributed by atoms with Crippen LogP contribution in [0.3, 0.4) is 0 Å². The summed E-state index contributed by atoms with van der Waals surface area (Å²) in [5, 5.41) is 11.7. The molecule has 2 heterocycles. The number of aliphatic hydroxyl groups excluding tert-OH is 1.